The SMILES string of the molecule is CCNC(=NCC(c1cnn(C)c1)N(C)C)N1CCCC1. The average Bonchev–Trinajstić information content (AvgIpc) is 3.09. The summed E-state index contributed by atoms with van der Waals surface area (Å²) < 4.78 is 1.85. The number of aromatic nitrogens is 2. The van der Waals surface area contributed by atoms with Crippen LogP contribution in [-0.2, 0) is 7.05 Å². The molecular formula is C15H28N6. The number of likely N-dealkylation sites (N-methyl/N-ethyl adjacent to an activating group) is 1. The summed E-state index contributed by atoms with van der Waals surface area (Å²) in [5.74, 6) is 1.05. The van der Waals surface area contributed by atoms with Gasteiger partial charge in [0, 0.05) is 38.4 Å². The van der Waals surface area contributed by atoms with Crippen molar-refractivity contribution in [2.24, 2.45) is 12.0 Å². The molecule has 118 valence electrons. The number of nitrogens with zero attached hydrogens (tertiary/aromatic N) is 5. The standard InChI is InChI=1S/C15H28N6/c1-5-16-15(21-8-6-7-9-21)17-11-14(19(2)3)13-10-18-20(4)12-13/h10,12,14H,5-9,11H2,1-4H3,(H,16,17). The number of likely N-dealkylation sites (tertiary alicyclic amines) is 1. The Kier molecular flexibility index (Phi) is 5.61. The average molecular weight is 292 g/mol. The Morgan fingerprint density at radius 2 is 2.14 bits per heavy atom. The Balaban J connectivity index is 2.09. The molecule has 0 spiro atoms. The van der Waals surface area contributed by atoms with Crippen molar-refractivity contribution >= 4 is 5.96 Å². The minimum atomic E-state index is 0.259. The van der Waals surface area contributed by atoms with E-state index in [0.29, 0.717) is 0 Å². The van der Waals surface area contributed by atoms with Crippen LogP contribution in [-0.4, -0.2) is 65.8 Å². The van der Waals surface area contributed by atoms with Gasteiger partial charge in [0.25, 0.3) is 0 Å². The molecule has 0 amide bonds. The van der Waals surface area contributed by atoms with E-state index in [1.54, 1.807) is 0 Å². The Hall–Kier alpha value is -1.56. The van der Waals surface area contributed by atoms with Crippen LogP contribution in [0.4, 0.5) is 0 Å². The first kappa shape index (κ1) is 15.8. The van der Waals surface area contributed by atoms with Gasteiger partial charge in [0.1, 0.15) is 0 Å². The molecule has 21 heavy (non-hydrogen) atoms. The van der Waals surface area contributed by atoms with Crippen LogP contribution in [0, 0.1) is 0 Å². The molecule has 2 heterocycles. The summed E-state index contributed by atoms with van der Waals surface area (Å²) in [6.45, 7) is 6.01. The van der Waals surface area contributed by atoms with E-state index in [2.05, 4.69) is 47.4 Å². The molecule has 1 unspecified atom stereocenters. The Labute approximate surface area is 127 Å². The lowest BCUT2D eigenvalue weighted by Crippen LogP contribution is -2.40. The maximum Gasteiger partial charge on any atom is 0.193 e. The van der Waals surface area contributed by atoms with Crippen molar-refractivity contribution in [3.63, 3.8) is 0 Å². The van der Waals surface area contributed by atoms with Gasteiger partial charge in [-0.2, -0.15) is 5.10 Å². The van der Waals surface area contributed by atoms with E-state index in [1.807, 2.05) is 17.9 Å². The van der Waals surface area contributed by atoms with E-state index >= 15 is 0 Å². The zero-order valence-electron chi connectivity index (χ0n) is 13.7. The fraction of sp³-hybridized carbons (Fsp3) is 0.733. The maximum atomic E-state index is 4.86. The number of aliphatic imine (C=N–C) groups is 1. The third kappa shape index (κ3) is 4.20. The molecule has 1 fully saturated rings. The molecule has 0 bridgehead atoms. The normalized spacial score (nSPS) is 17.6. The number of guanidine groups is 1. The van der Waals surface area contributed by atoms with Gasteiger partial charge < -0.3 is 15.1 Å². The van der Waals surface area contributed by atoms with Crippen molar-refractivity contribution in [2.75, 3.05) is 40.3 Å². The zero-order valence-corrected chi connectivity index (χ0v) is 13.7. The number of rotatable bonds is 5. The van der Waals surface area contributed by atoms with Crippen molar-refractivity contribution in [2.45, 2.75) is 25.8 Å². The van der Waals surface area contributed by atoms with Crippen molar-refractivity contribution < 1.29 is 0 Å². The molecule has 1 N–H and O–H groups in total. The van der Waals surface area contributed by atoms with Crippen molar-refractivity contribution in [1.82, 2.24) is 24.9 Å². The van der Waals surface area contributed by atoms with Crippen molar-refractivity contribution in [3.8, 4) is 0 Å². The Morgan fingerprint density at radius 1 is 1.43 bits per heavy atom. The molecule has 0 saturated carbocycles. The molecular weight excluding hydrogens is 264 g/mol. The highest BCUT2D eigenvalue weighted by atomic mass is 15.3. The largest absolute Gasteiger partial charge is 0.357 e. The molecule has 1 aliphatic heterocycles. The molecule has 0 aromatic carbocycles. The van der Waals surface area contributed by atoms with Gasteiger partial charge in [-0.3, -0.25) is 9.67 Å². The van der Waals surface area contributed by atoms with Crippen LogP contribution in [0.25, 0.3) is 0 Å². The number of hydrogen-bond acceptors (Lipinski definition) is 3. The van der Waals surface area contributed by atoms with E-state index < -0.39 is 0 Å². The van der Waals surface area contributed by atoms with Crippen LogP contribution >= 0.6 is 0 Å². The topological polar surface area (TPSA) is 48.7 Å². The van der Waals surface area contributed by atoms with Gasteiger partial charge in [0.05, 0.1) is 18.8 Å². The second-order valence-electron chi connectivity index (χ2n) is 5.82. The highest BCUT2D eigenvalue weighted by Gasteiger charge is 2.19. The first-order valence-corrected chi connectivity index (χ1v) is 7.80. The fourth-order valence-corrected chi connectivity index (χ4v) is 2.71. The Morgan fingerprint density at radius 3 is 2.67 bits per heavy atom. The van der Waals surface area contributed by atoms with E-state index in [4.69, 9.17) is 4.99 Å². The van der Waals surface area contributed by atoms with Gasteiger partial charge in [-0.15, -0.1) is 0 Å². The molecule has 1 aromatic heterocycles. The minimum Gasteiger partial charge on any atom is -0.357 e. The van der Waals surface area contributed by atoms with Crippen molar-refractivity contribution in [3.05, 3.63) is 18.0 Å². The summed E-state index contributed by atoms with van der Waals surface area (Å²) in [7, 11) is 6.14. The van der Waals surface area contributed by atoms with Crippen molar-refractivity contribution in [1.29, 1.82) is 0 Å². The number of hydrogen-bond donors (Lipinski definition) is 1. The lowest BCUT2D eigenvalue weighted by molar-refractivity contribution is 0.305. The molecule has 6 heteroatoms. The lowest BCUT2D eigenvalue weighted by Gasteiger charge is -2.24. The Bertz CT molecular complexity index is 458. The van der Waals surface area contributed by atoms with E-state index in [-0.39, 0.29) is 6.04 Å². The van der Waals surface area contributed by atoms with E-state index in [0.717, 1.165) is 32.1 Å². The maximum absolute atomic E-state index is 4.86. The third-order valence-corrected chi connectivity index (χ3v) is 3.89. The number of nitrogens with one attached hydrogen (secondary N) is 1. The molecule has 6 nitrogen and oxygen atoms in total. The molecule has 2 rings (SSSR count). The summed E-state index contributed by atoms with van der Waals surface area (Å²) in [5, 5.41) is 7.69. The van der Waals surface area contributed by atoms with Crippen LogP contribution in [0.5, 0.6) is 0 Å². The smallest absolute Gasteiger partial charge is 0.193 e. The highest BCUT2D eigenvalue weighted by molar-refractivity contribution is 5.80. The second kappa shape index (κ2) is 7.45. The van der Waals surface area contributed by atoms with E-state index in [9.17, 15) is 0 Å². The van der Waals surface area contributed by atoms with Gasteiger partial charge in [0.15, 0.2) is 5.96 Å². The summed E-state index contributed by atoms with van der Waals surface area (Å²) in [5.41, 5.74) is 1.21. The van der Waals surface area contributed by atoms with Crippen LogP contribution < -0.4 is 5.32 Å². The lowest BCUT2D eigenvalue weighted by atomic mass is 10.1. The van der Waals surface area contributed by atoms with E-state index in [1.165, 1.54) is 18.4 Å². The van der Waals surface area contributed by atoms with Gasteiger partial charge in [-0.1, -0.05) is 0 Å². The molecule has 0 aliphatic carbocycles. The monoisotopic (exact) mass is 292 g/mol. The highest BCUT2D eigenvalue weighted by Crippen LogP contribution is 2.18. The predicted molar refractivity (Wildman–Crippen MR) is 86.4 cm³/mol. The zero-order chi connectivity index (χ0) is 15.2. The van der Waals surface area contributed by atoms with Gasteiger partial charge >= 0.3 is 0 Å². The van der Waals surface area contributed by atoms with Crippen LogP contribution in [0.3, 0.4) is 0 Å². The molecule has 1 atom stereocenters. The van der Waals surface area contributed by atoms with Gasteiger partial charge in [-0.25, -0.2) is 0 Å². The molecule has 0 radical (unpaired) electrons. The predicted octanol–water partition coefficient (Wildman–Crippen LogP) is 1.08. The second-order valence-corrected chi connectivity index (χ2v) is 5.82. The minimum absolute atomic E-state index is 0.259. The summed E-state index contributed by atoms with van der Waals surface area (Å²) in [6, 6.07) is 0.259. The molecule has 1 aromatic rings. The summed E-state index contributed by atoms with van der Waals surface area (Å²) >= 11 is 0. The molecule has 1 aliphatic rings. The first-order valence-electron chi connectivity index (χ1n) is 7.80. The van der Waals surface area contributed by atoms with Crippen LogP contribution in [0.2, 0.25) is 0 Å². The summed E-state index contributed by atoms with van der Waals surface area (Å²) in [6.07, 6.45) is 6.54. The number of aryl methyl sites for hydroxylation is 1. The van der Waals surface area contributed by atoms with Crippen LogP contribution in [0.15, 0.2) is 17.4 Å². The summed E-state index contributed by atoms with van der Waals surface area (Å²) in [4.78, 5) is 9.42. The molecule has 1 saturated heterocycles. The third-order valence-electron chi connectivity index (χ3n) is 3.89. The fourth-order valence-electron chi connectivity index (χ4n) is 2.71. The van der Waals surface area contributed by atoms with Gasteiger partial charge in [-0.05, 0) is 33.9 Å². The van der Waals surface area contributed by atoms with Gasteiger partial charge in [0.2, 0.25) is 0 Å². The van der Waals surface area contributed by atoms with Crippen LogP contribution in [0.1, 0.15) is 31.4 Å². The first-order chi connectivity index (χ1) is 10.1. The quantitative estimate of drug-likeness (QED) is 0.652.